The van der Waals surface area contributed by atoms with E-state index in [1.165, 1.54) is 31.4 Å². The van der Waals surface area contributed by atoms with Gasteiger partial charge >= 0.3 is 0 Å². The van der Waals surface area contributed by atoms with Crippen molar-refractivity contribution in [3.05, 3.63) is 59.7 Å². The lowest BCUT2D eigenvalue weighted by Gasteiger charge is -2.09. The average Bonchev–Trinajstić information content (AvgIpc) is 2.39. The molecule has 0 bridgehead atoms. The van der Waals surface area contributed by atoms with Gasteiger partial charge < -0.3 is 10.1 Å². The lowest BCUT2D eigenvalue weighted by molar-refractivity contribution is 0.414. The largest absolute Gasteiger partial charge is 0.497 e. The predicted octanol–water partition coefficient (Wildman–Crippen LogP) is 3.59. The lowest BCUT2D eigenvalue weighted by Crippen LogP contribution is -2.03. The molecule has 2 aromatic rings. The van der Waals surface area contributed by atoms with Crippen LogP contribution in [0.15, 0.2) is 42.5 Å². The molecule has 0 aliphatic rings. The van der Waals surface area contributed by atoms with Gasteiger partial charge in [-0.1, -0.05) is 18.2 Å². The van der Waals surface area contributed by atoms with Gasteiger partial charge in [-0.25, -0.2) is 8.78 Å². The Morgan fingerprint density at radius 2 is 1.83 bits per heavy atom. The van der Waals surface area contributed by atoms with Crippen molar-refractivity contribution < 1.29 is 13.5 Å². The zero-order chi connectivity index (χ0) is 13.0. The highest BCUT2D eigenvalue weighted by molar-refractivity contribution is 5.50. The van der Waals surface area contributed by atoms with E-state index < -0.39 is 5.82 Å². The smallest absolute Gasteiger partial charge is 0.146 e. The first kappa shape index (κ1) is 12.4. The summed E-state index contributed by atoms with van der Waals surface area (Å²) in [5, 5.41) is 2.85. The molecule has 0 amide bonds. The maximum Gasteiger partial charge on any atom is 0.146 e. The monoisotopic (exact) mass is 249 g/mol. The molecule has 2 aromatic carbocycles. The minimum Gasteiger partial charge on any atom is -0.497 e. The fraction of sp³-hybridized carbons (Fsp3) is 0.143. The number of methoxy groups -OCH3 is 1. The Hall–Kier alpha value is -2.10. The van der Waals surface area contributed by atoms with E-state index in [0.29, 0.717) is 11.3 Å². The third-order valence-electron chi connectivity index (χ3n) is 2.60. The minimum absolute atomic E-state index is 0.219. The van der Waals surface area contributed by atoms with Crippen molar-refractivity contribution in [2.75, 3.05) is 12.4 Å². The van der Waals surface area contributed by atoms with Gasteiger partial charge in [0.2, 0.25) is 0 Å². The van der Waals surface area contributed by atoms with Crippen LogP contribution >= 0.6 is 0 Å². The number of benzene rings is 2. The second kappa shape index (κ2) is 5.49. The van der Waals surface area contributed by atoms with Crippen LogP contribution in [0.1, 0.15) is 5.56 Å². The summed E-state index contributed by atoms with van der Waals surface area (Å²) in [5.74, 6) is -0.159. The molecule has 4 heteroatoms. The quantitative estimate of drug-likeness (QED) is 0.894. The Morgan fingerprint density at radius 3 is 2.56 bits per heavy atom. The van der Waals surface area contributed by atoms with Crippen molar-refractivity contribution in [2.24, 2.45) is 0 Å². The molecule has 0 unspecified atom stereocenters. The number of halogens is 2. The summed E-state index contributed by atoms with van der Waals surface area (Å²) in [7, 11) is 1.51. The van der Waals surface area contributed by atoms with Gasteiger partial charge in [0.15, 0.2) is 0 Å². The molecule has 0 aliphatic carbocycles. The second-order valence-corrected chi connectivity index (χ2v) is 3.79. The highest BCUT2D eigenvalue weighted by Crippen LogP contribution is 2.21. The summed E-state index contributed by atoms with van der Waals surface area (Å²) in [4.78, 5) is 0. The van der Waals surface area contributed by atoms with Crippen LogP contribution in [0.25, 0.3) is 0 Å². The molecule has 0 spiro atoms. The third-order valence-corrected chi connectivity index (χ3v) is 2.60. The predicted molar refractivity (Wildman–Crippen MR) is 66.7 cm³/mol. The Bertz CT molecular complexity index is 543. The maximum absolute atomic E-state index is 13.5. The van der Waals surface area contributed by atoms with Crippen molar-refractivity contribution in [3.8, 4) is 5.75 Å². The van der Waals surface area contributed by atoms with Gasteiger partial charge in [-0.15, -0.1) is 0 Å². The van der Waals surface area contributed by atoms with E-state index >= 15 is 0 Å². The van der Waals surface area contributed by atoms with E-state index in [-0.39, 0.29) is 18.0 Å². The van der Waals surface area contributed by atoms with Gasteiger partial charge in [-0.05, 0) is 18.2 Å². The lowest BCUT2D eigenvalue weighted by atomic mass is 10.2. The first-order valence-electron chi connectivity index (χ1n) is 5.51. The van der Waals surface area contributed by atoms with Crippen LogP contribution in [0.4, 0.5) is 14.5 Å². The van der Waals surface area contributed by atoms with Crippen molar-refractivity contribution in [1.29, 1.82) is 0 Å². The molecule has 0 fully saturated rings. The van der Waals surface area contributed by atoms with Gasteiger partial charge in [0.25, 0.3) is 0 Å². The van der Waals surface area contributed by atoms with Crippen molar-refractivity contribution in [3.63, 3.8) is 0 Å². The summed E-state index contributed by atoms with van der Waals surface area (Å²) in [6.07, 6.45) is 0. The standard InChI is InChI=1S/C14H13F2NO/c1-18-11-6-7-13(16)14(8-11)17-9-10-4-2-3-5-12(10)15/h2-8,17H,9H2,1H3. The summed E-state index contributed by atoms with van der Waals surface area (Å²) in [6.45, 7) is 0.219. The van der Waals surface area contributed by atoms with Crippen LogP contribution in [0.3, 0.4) is 0 Å². The topological polar surface area (TPSA) is 21.3 Å². The molecular formula is C14H13F2NO. The fourth-order valence-electron chi connectivity index (χ4n) is 1.60. The Kier molecular flexibility index (Phi) is 3.77. The first-order chi connectivity index (χ1) is 8.70. The molecule has 0 heterocycles. The summed E-state index contributed by atoms with van der Waals surface area (Å²) in [5.41, 5.74) is 0.775. The molecular weight excluding hydrogens is 236 g/mol. The van der Waals surface area contributed by atoms with E-state index in [0.717, 1.165) is 0 Å². The normalized spacial score (nSPS) is 10.2. The molecule has 0 saturated carbocycles. The number of anilines is 1. The zero-order valence-corrected chi connectivity index (χ0v) is 9.91. The van der Waals surface area contributed by atoms with Crippen molar-refractivity contribution in [1.82, 2.24) is 0 Å². The van der Waals surface area contributed by atoms with E-state index in [9.17, 15) is 8.78 Å². The molecule has 18 heavy (non-hydrogen) atoms. The highest BCUT2D eigenvalue weighted by Gasteiger charge is 2.05. The Morgan fingerprint density at radius 1 is 1.06 bits per heavy atom. The molecule has 0 aliphatic heterocycles. The molecule has 0 saturated heterocycles. The van der Waals surface area contributed by atoms with Crippen LogP contribution in [0.5, 0.6) is 5.75 Å². The van der Waals surface area contributed by atoms with Gasteiger partial charge in [0.1, 0.15) is 17.4 Å². The van der Waals surface area contributed by atoms with Gasteiger partial charge in [0, 0.05) is 18.2 Å². The number of rotatable bonds is 4. The molecule has 0 atom stereocenters. The van der Waals surface area contributed by atoms with Gasteiger partial charge in [-0.2, -0.15) is 0 Å². The molecule has 1 N–H and O–H groups in total. The fourth-order valence-corrected chi connectivity index (χ4v) is 1.60. The molecule has 94 valence electrons. The van der Waals surface area contributed by atoms with Crippen LogP contribution < -0.4 is 10.1 Å². The van der Waals surface area contributed by atoms with Gasteiger partial charge in [0.05, 0.1) is 12.8 Å². The zero-order valence-electron chi connectivity index (χ0n) is 9.91. The van der Waals surface area contributed by atoms with E-state index in [2.05, 4.69) is 5.32 Å². The molecule has 0 aromatic heterocycles. The number of nitrogens with one attached hydrogen (secondary N) is 1. The Labute approximate surface area is 104 Å². The summed E-state index contributed by atoms with van der Waals surface area (Å²) >= 11 is 0. The van der Waals surface area contributed by atoms with E-state index in [4.69, 9.17) is 4.74 Å². The van der Waals surface area contributed by atoms with Crippen LogP contribution in [-0.2, 0) is 6.54 Å². The number of hydrogen-bond acceptors (Lipinski definition) is 2. The number of ether oxygens (including phenoxy) is 1. The molecule has 0 radical (unpaired) electrons. The number of hydrogen-bond donors (Lipinski definition) is 1. The maximum atomic E-state index is 13.5. The van der Waals surface area contributed by atoms with Crippen LogP contribution in [0.2, 0.25) is 0 Å². The van der Waals surface area contributed by atoms with Crippen LogP contribution in [-0.4, -0.2) is 7.11 Å². The molecule has 2 rings (SSSR count). The third kappa shape index (κ3) is 2.77. The molecule has 2 nitrogen and oxygen atoms in total. The van der Waals surface area contributed by atoms with Crippen LogP contribution in [0, 0.1) is 11.6 Å². The van der Waals surface area contributed by atoms with Crippen molar-refractivity contribution in [2.45, 2.75) is 6.54 Å². The Balaban J connectivity index is 2.13. The van der Waals surface area contributed by atoms with Crippen molar-refractivity contribution >= 4 is 5.69 Å². The average molecular weight is 249 g/mol. The second-order valence-electron chi connectivity index (χ2n) is 3.79. The van der Waals surface area contributed by atoms with E-state index in [1.54, 1.807) is 18.2 Å². The highest BCUT2D eigenvalue weighted by atomic mass is 19.1. The summed E-state index contributed by atoms with van der Waals surface area (Å²) in [6, 6.07) is 10.8. The minimum atomic E-state index is -0.396. The summed E-state index contributed by atoms with van der Waals surface area (Å²) < 4.78 is 31.9. The first-order valence-corrected chi connectivity index (χ1v) is 5.51. The van der Waals surface area contributed by atoms with E-state index in [1.807, 2.05) is 0 Å². The SMILES string of the molecule is COc1ccc(F)c(NCc2ccccc2F)c1. The van der Waals surface area contributed by atoms with Gasteiger partial charge in [-0.3, -0.25) is 0 Å².